The number of methoxy groups -OCH3 is 1. The van der Waals surface area contributed by atoms with Crippen LogP contribution in [-0.4, -0.2) is 36.6 Å². The normalized spacial score (nSPS) is 11.1. The van der Waals surface area contributed by atoms with E-state index in [4.69, 9.17) is 13.9 Å². The summed E-state index contributed by atoms with van der Waals surface area (Å²) >= 11 is 1.22. The standard InChI is InChI=1S/C21H23N3O4S/c1-3-4-11-27-18-10-9-15(12-19(18)26-2)13-22-24-20(25)14-29-21-23-16-7-5-6-8-17(16)28-21/h5-10,12-13H,3-4,11,14H2,1-2H3,(H,24,25)/b22-13+. The van der Waals surface area contributed by atoms with E-state index < -0.39 is 0 Å². The number of aromatic nitrogens is 1. The summed E-state index contributed by atoms with van der Waals surface area (Å²) in [7, 11) is 1.59. The van der Waals surface area contributed by atoms with Gasteiger partial charge in [-0.05, 0) is 42.3 Å². The zero-order valence-corrected chi connectivity index (χ0v) is 17.2. The molecule has 0 spiro atoms. The van der Waals surface area contributed by atoms with Crippen molar-refractivity contribution in [2.75, 3.05) is 19.5 Å². The van der Waals surface area contributed by atoms with Crippen molar-refractivity contribution in [2.24, 2.45) is 5.10 Å². The molecule has 1 N–H and O–H groups in total. The minimum atomic E-state index is -0.250. The van der Waals surface area contributed by atoms with Gasteiger partial charge in [0.05, 0.1) is 25.7 Å². The first-order valence-electron chi connectivity index (χ1n) is 9.30. The Kier molecular flexibility index (Phi) is 7.52. The lowest BCUT2D eigenvalue weighted by Gasteiger charge is -2.10. The molecule has 7 nitrogen and oxygen atoms in total. The molecule has 3 rings (SSSR count). The zero-order valence-electron chi connectivity index (χ0n) is 16.4. The molecule has 1 heterocycles. The summed E-state index contributed by atoms with van der Waals surface area (Å²) in [5.41, 5.74) is 4.75. The van der Waals surface area contributed by atoms with Crippen molar-refractivity contribution in [3.05, 3.63) is 48.0 Å². The first-order chi connectivity index (χ1) is 14.2. The highest BCUT2D eigenvalue weighted by atomic mass is 32.2. The number of ether oxygens (including phenoxy) is 2. The molecule has 0 bridgehead atoms. The smallest absolute Gasteiger partial charge is 0.257 e. The largest absolute Gasteiger partial charge is 0.493 e. The maximum absolute atomic E-state index is 12.0. The van der Waals surface area contributed by atoms with Gasteiger partial charge in [0, 0.05) is 0 Å². The van der Waals surface area contributed by atoms with Gasteiger partial charge in [-0.25, -0.2) is 10.4 Å². The Morgan fingerprint density at radius 3 is 2.93 bits per heavy atom. The van der Waals surface area contributed by atoms with E-state index in [1.807, 2.05) is 42.5 Å². The number of unbranched alkanes of at least 4 members (excludes halogenated alkanes) is 1. The lowest BCUT2D eigenvalue weighted by molar-refractivity contribution is -0.118. The van der Waals surface area contributed by atoms with Crippen LogP contribution in [0, 0.1) is 0 Å². The Morgan fingerprint density at radius 2 is 2.14 bits per heavy atom. The molecule has 1 aromatic heterocycles. The van der Waals surface area contributed by atoms with E-state index >= 15 is 0 Å². The van der Waals surface area contributed by atoms with Crippen LogP contribution >= 0.6 is 11.8 Å². The molecule has 0 aliphatic rings. The van der Waals surface area contributed by atoms with E-state index in [-0.39, 0.29) is 11.7 Å². The van der Waals surface area contributed by atoms with Crippen molar-refractivity contribution in [1.29, 1.82) is 0 Å². The van der Waals surface area contributed by atoms with Crippen molar-refractivity contribution in [3.8, 4) is 11.5 Å². The van der Waals surface area contributed by atoms with E-state index in [0.717, 1.165) is 23.9 Å². The van der Waals surface area contributed by atoms with E-state index in [0.29, 0.717) is 28.9 Å². The van der Waals surface area contributed by atoms with Gasteiger partial charge >= 0.3 is 0 Å². The number of rotatable bonds is 10. The van der Waals surface area contributed by atoms with Gasteiger partial charge in [-0.2, -0.15) is 5.10 Å². The van der Waals surface area contributed by atoms with Crippen LogP contribution in [-0.2, 0) is 4.79 Å². The van der Waals surface area contributed by atoms with Crippen LogP contribution in [0.5, 0.6) is 11.5 Å². The highest BCUT2D eigenvalue weighted by Gasteiger charge is 2.09. The van der Waals surface area contributed by atoms with Gasteiger partial charge in [0.2, 0.25) is 0 Å². The minimum absolute atomic E-state index is 0.150. The molecule has 152 valence electrons. The first-order valence-corrected chi connectivity index (χ1v) is 10.3. The minimum Gasteiger partial charge on any atom is -0.493 e. The number of carbonyl (C=O) groups is 1. The van der Waals surface area contributed by atoms with Crippen LogP contribution in [0.25, 0.3) is 11.1 Å². The van der Waals surface area contributed by atoms with Crippen LogP contribution in [0.3, 0.4) is 0 Å². The van der Waals surface area contributed by atoms with Gasteiger partial charge in [-0.3, -0.25) is 4.79 Å². The molecule has 1 amide bonds. The van der Waals surface area contributed by atoms with Gasteiger partial charge in [-0.1, -0.05) is 37.2 Å². The van der Waals surface area contributed by atoms with E-state index in [9.17, 15) is 4.79 Å². The Labute approximate surface area is 173 Å². The molecular formula is C21H23N3O4S. The van der Waals surface area contributed by atoms with Crippen LogP contribution in [0.1, 0.15) is 25.3 Å². The molecule has 8 heteroatoms. The second kappa shape index (κ2) is 10.5. The number of nitrogens with zero attached hydrogens (tertiary/aromatic N) is 2. The molecule has 0 radical (unpaired) electrons. The molecule has 0 saturated carbocycles. The van der Waals surface area contributed by atoms with Gasteiger partial charge in [0.1, 0.15) is 5.52 Å². The maximum Gasteiger partial charge on any atom is 0.257 e. The molecule has 0 aliphatic carbocycles. The number of nitrogens with one attached hydrogen (secondary N) is 1. The van der Waals surface area contributed by atoms with Crippen LogP contribution in [0.2, 0.25) is 0 Å². The van der Waals surface area contributed by atoms with Crippen LogP contribution in [0.15, 0.2) is 57.2 Å². The Hall–Kier alpha value is -3.00. The second-order valence-electron chi connectivity index (χ2n) is 6.14. The summed E-state index contributed by atoms with van der Waals surface area (Å²) in [6.07, 6.45) is 3.61. The maximum atomic E-state index is 12.0. The highest BCUT2D eigenvalue weighted by Crippen LogP contribution is 2.27. The summed E-state index contributed by atoms with van der Waals surface area (Å²) in [4.78, 5) is 16.3. The lowest BCUT2D eigenvalue weighted by Crippen LogP contribution is -2.19. The van der Waals surface area contributed by atoms with E-state index in [1.165, 1.54) is 11.8 Å². The lowest BCUT2D eigenvalue weighted by atomic mass is 10.2. The van der Waals surface area contributed by atoms with Crippen molar-refractivity contribution in [1.82, 2.24) is 10.4 Å². The number of benzene rings is 2. The molecule has 0 aliphatic heterocycles. The number of hydrazone groups is 1. The summed E-state index contributed by atoms with van der Waals surface area (Å²) in [6.45, 7) is 2.76. The summed E-state index contributed by atoms with van der Waals surface area (Å²) in [5.74, 6) is 1.22. The van der Waals surface area contributed by atoms with E-state index in [2.05, 4.69) is 22.4 Å². The summed E-state index contributed by atoms with van der Waals surface area (Å²) in [5, 5.41) is 4.44. The predicted octanol–water partition coefficient (Wildman–Crippen LogP) is 4.26. The second-order valence-corrected chi connectivity index (χ2v) is 7.07. The Morgan fingerprint density at radius 1 is 1.28 bits per heavy atom. The first kappa shape index (κ1) is 20.7. The average molecular weight is 413 g/mol. The van der Waals surface area contributed by atoms with Gasteiger partial charge in [0.25, 0.3) is 11.1 Å². The van der Waals surface area contributed by atoms with Gasteiger partial charge in [0.15, 0.2) is 17.1 Å². The third kappa shape index (κ3) is 5.99. The van der Waals surface area contributed by atoms with Gasteiger partial charge in [-0.15, -0.1) is 0 Å². The number of carbonyl (C=O) groups excluding carboxylic acids is 1. The Bertz CT molecular complexity index is 954. The number of hydrogen-bond acceptors (Lipinski definition) is 7. The molecular weight excluding hydrogens is 390 g/mol. The number of para-hydroxylation sites is 2. The molecule has 3 aromatic rings. The fourth-order valence-corrected chi connectivity index (χ4v) is 3.09. The third-order valence-corrected chi connectivity index (χ3v) is 4.78. The predicted molar refractivity (Wildman–Crippen MR) is 114 cm³/mol. The van der Waals surface area contributed by atoms with Gasteiger partial charge < -0.3 is 13.9 Å². The topological polar surface area (TPSA) is 86.0 Å². The highest BCUT2D eigenvalue weighted by molar-refractivity contribution is 7.99. The quantitative estimate of drug-likeness (QED) is 0.231. The zero-order chi connectivity index (χ0) is 20.5. The molecule has 2 aromatic carbocycles. The fraction of sp³-hybridized carbons (Fsp3) is 0.286. The number of fused-ring (bicyclic) bond motifs is 1. The van der Waals surface area contributed by atoms with Crippen molar-refractivity contribution in [3.63, 3.8) is 0 Å². The van der Waals surface area contributed by atoms with Crippen molar-refractivity contribution < 1.29 is 18.7 Å². The average Bonchev–Trinajstić information content (AvgIpc) is 3.16. The third-order valence-electron chi connectivity index (χ3n) is 3.95. The summed E-state index contributed by atoms with van der Waals surface area (Å²) in [6, 6.07) is 13.0. The number of amides is 1. The molecule has 29 heavy (non-hydrogen) atoms. The van der Waals surface area contributed by atoms with Crippen LogP contribution in [0.4, 0.5) is 0 Å². The summed E-state index contributed by atoms with van der Waals surface area (Å²) < 4.78 is 16.6. The van der Waals surface area contributed by atoms with Crippen molar-refractivity contribution >= 4 is 35.0 Å². The number of thioether (sulfide) groups is 1. The molecule has 0 saturated heterocycles. The van der Waals surface area contributed by atoms with Crippen molar-refractivity contribution in [2.45, 2.75) is 25.0 Å². The monoisotopic (exact) mass is 413 g/mol. The molecule has 0 fully saturated rings. The van der Waals surface area contributed by atoms with E-state index in [1.54, 1.807) is 13.3 Å². The number of oxazole rings is 1. The fourth-order valence-electron chi connectivity index (χ4n) is 2.46. The molecule has 0 atom stereocenters. The number of hydrogen-bond donors (Lipinski definition) is 1. The molecule has 0 unspecified atom stereocenters. The Balaban J connectivity index is 1.50. The SMILES string of the molecule is CCCCOc1ccc(/C=N/NC(=O)CSc2nc3ccccc3o2)cc1OC. The van der Waals surface area contributed by atoms with Crippen LogP contribution < -0.4 is 14.9 Å².